The maximum absolute atomic E-state index is 13.4. The molecule has 1 saturated heterocycles. The van der Waals surface area contributed by atoms with Gasteiger partial charge in [0.1, 0.15) is 5.82 Å². The molecule has 1 aliphatic rings. The van der Waals surface area contributed by atoms with Crippen molar-refractivity contribution >= 4 is 37.6 Å². The number of nitrogens with zero attached hydrogens (tertiary/aromatic N) is 3. The van der Waals surface area contributed by atoms with Gasteiger partial charge < -0.3 is 9.88 Å². The Morgan fingerprint density at radius 2 is 1.42 bits per heavy atom. The second kappa shape index (κ2) is 9.51. The summed E-state index contributed by atoms with van der Waals surface area (Å²) in [6.45, 7) is 1.03. The Bertz CT molecular complexity index is 1840. The molecule has 9 heteroatoms. The van der Waals surface area contributed by atoms with Gasteiger partial charge in [-0.25, -0.2) is 13.4 Å². The van der Waals surface area contributed by atoms with Crippen LogP contribution >= 0.6 is 0 Å². The number of para-hydroxylation sites is 1. The van der Waals surface area contributed by atoms with Crippen molar-refractivity contribution in [3.05, 3.63) is 107 Å². The number of sulfonamides is 1. The molecule has 0 spiro atoms. The van der Waals surface area contributed by atoms with Crippen LogP contribution in [0.25, 0.3) is 33.1 Å². The van der Waals surface area contributed by atoms with Crippen LogP contribution in [-0.2, 0) is 10.0 Å². The van der Waals surface area contributed by atoms with Crippen LogP contribution in [0.3, 0.4) is 0 Å². The average molecular weight is 525 g/mol. The first kappa shape index (κ1) is 24.0. The van der Waals surface area contributed by atoms with Crippen molar-refractivity contribution in [1.82, 2.24) is 19.2 Å². The zero-order valence-corrected chi connectivity index (χ0v) is 21.2. The monoisotopic (exact) mass is 524 g/mol. The molecule has 38 heavy (non-hydrogen) atoms. The van der Waals surface area contributed by atoms with Crippen molar-refractivity contribution in [1.29, 1.82) is 0 Å². The number of nitrogens with one attached hydrogen (secondary N) is 1. The van der Waals surface area contributed by atoms with Gasteiger partial charge in [-0.3, -0.25) is 9.59 Å². The van der Waals surface area contributed by atoms with Crippen LogP contribution in [0.1, 0.15) is 10.4 Å². The number of benzene rings is 4. The van der Waals surface area contributed by atoms with Gasteiger partial charge in [0.2, 0.25) is 10.0 Å². The lowest BCUT2D eigenvalue weighted by Crippen LogP contribution is -2.50. The first-order valence-corrected chi connectivity index (χ1v) is 13.7. The zero-order valence-electron chi connectivity index (χ0n) is 20.4. The molecule has 1 aliphatic heterocycles. The maximum atomic E-state index is 13.4. The first-order chi connectivity index (χ1) is 18.4. The Kier molecular flexibility index (Phi) is 6.01. The molecule has 1 aromatic heterocycles. The van der Waals surface area contributed by atoms with Gasteiger partial charge in [-0.2, -0.15) is 4.31 Å². The van der Waals surface area contributed by atoms with Gasteiger partial charge >= 0.3 is 0 Å². The first-order valence-electron chi connectivity index (χ1n) is 12.3. The summed E-state index contributed by atoms with van der Waals surface area (Å²) >= 11 is 0. The molecule has 0 bridgehead atoms. The Hall–Kier alpha value is -4.34. The summed E-state index contributed by atoms with van der Waals surface area (Å²) in [7, 11) is -3.70. The highest BCUT2D eigenvalue weighted by Gasteiger charge is 2.31. The minimum Gasteiger partial charge on any atom is -0.336 e. The minimum absolute atomic E-state index is 0.168. The summed E-state index contributed by atoms with van der Waals surface area (Å²) in [5, 5.41) is 2.08. The van der Waals surface area contributed by atoms with E-state index in [-0.39, 0.29) is 29.5 Å². The second-order valence-corrected chi connectivity index (χ2v) is 11.1. The average Bonchev–Trinajstić information content (AvgIpc) is 2.96. The zero-order chi connectivity index (χ0) is 26.3. The number of hydrogen-bond acceptors (Lipinski definition) is 5. The fraction of sp³-hybridized carbons (Fsp3) is 0.138. The van der Waals surface area contributed by atoms with E-state index in [4.69, 9.17) is 0 Å². The number of hydrogen-bond donors (Lipinski definition) is 1. The highest BCUT2D eigenvalue weighted by molar-refractivity contribution is 7.89. The topological polar surface area (TPSA) is 103 Å². The third kappa shape index (κ3) is 4.25. The predicted molar refractivity (Wildman–Crippen MR) is 146 cm³/mol. The van der Waals surface area contributed by atoms with Gasteiger partial charge in [0, 0.05) is 42.7 Å². The van der Waals surface area contributed by atoms with E-state index in [2.05, 4.69) is 9.97 Å². The summed E-state index contributed by atoms with van der Waals surface area (Å²) in [4.78, 5) is 34.8. The fourth-order valence-electron chi connectivity index (χ4n) is 4.87. The molecule has 8 nitrogen and oxygen atoms in total. The molecule has 0 aliphatic carbocycles. The number of carbonyl (C=O) groups excluding carboxylic acids is 1. The highest BCUT2D eigenvalue weighted by Crippen LogP contribution is 2.27. The van der Waals surface area contributed by atoms with Gasteiger partial charge in [-0.05, 0) is 35.7 Å². The molecule has 0 unspecified atom stereocenters. The van der Waals surface area contributed by atoms with Crippen molar-refractivity contribution in [3.8, 4) is 11.4 Å². The summed E-state index contributed by atoms with van der Waals surface area (Å²) in [5.41, 5.74) is 1.56. The second-order valence-electron chi connectivity index (χ2n) is 9.18. The molecule has 1 amide bonds. The van der Waals surface area contributed by atoms with E-state index in [9.17, 15) is 18.0 Å². The van der Waals surface area contributed by atoms with Gasteiger partial charge in [0.25, 0.3) is 11.5 Å². The number of aromatic amines is 1. The lowest BCUT2D eigenvalue weighted by atomic mass is 10.1. The highest BCUT2D eigenvalue weighted by atomic mass is 32.2. The van der Waals surface area contributed by atoms with Crippen molar-refractivity contribution in [3.63, 3.8) is 0 Å². The molecule has 5 aromatic rings. The predicted octanol–water partition coefficient (Wildman–Crippen LogP) is 3.89. The van der Waals surface area contributed by atoms with Crippen molar-refractivity contribution in [2.75, 3.05) is 26.2 Å². The Labute approximate surface area is 219 Å². The molecule has 4 aromatic carbocycles. The molecule has 1 fully saturated rings. The Morgan fingerprint density at radius 1 is 0.763 bits per heavy atom. The van der Waals surface area contributed by atoms with Crippen LogP contribution in [0.4, 0.5) is 0 Å². The Morgan fingerprint density at radius 3 is 2.18 bits per heavy atom. The van der Waals surface area contributed by atoms with E-state index in [1.54, 1.807) is 59.5 Å². The van der Waals surface area contributed by atoms with Crippen LogP contribution in [0.5, 0.6) is 0 Å². The normalized spacial score (nSPS) is 14.7. The van der Waals surface area contributed by atoms with Gasteiger partial charge in [-0.1, -0.05) is 60.7 Å². The van der Waals surface area contributed by atoms with E-state index < -0.39 is 10.0 Å². The SMILES string of the molecule is O=C(c1ccc(-c2nc3ccccc3c(=O)[nH]2)cc1)N1CCN(S(=O)(=O)c2cccc3ccccc23)CC1. The molecular formula is C29H24N4O4S. The maximum Gasteiger partial charge on any atom is 0.259 e. The smallest absolute Gasteiger partial charge is 0.259 e. The van der Waals surface area contributed by atoms with Crippen molar-refractivity contribution in [2.24, 2.45) is 0 Å². The molecule has 0 saturated carbocycles. The third-order valence-electron chi connectivity index (χ3n) is 6.91. The van der Waals surface area contributed by atoms with Gasteiger partial charge in [0.05, 0.1) is 15.8 Å². The molecule has 190 valence electrons. The standard InChI is InChI=1S/C29H24N4O4S/c34-28-24-9-3-4-10-25(24)30-27(31-28)21-12-14-22(15-13-21)29(35)32-16-18-33(19-17-32)38(36,37)26-11-5-7-20-6-1-2-8-23(20)26/h1-15H,16-19H2,(H,30,31,34). The lowest BCUT2D eigenvalue weighted by Gasteiger charge is -2.34. The van der Waals surface area contributed by atoms with Crippen LogP contribution in [0.15, 0.2) is 101 Å². The molecule has 6 rings (SSSR count). The lowest BCUT2D eigenvalue weighted by molar-refractivity contribution is 0.0698. The third-order valence-corrected chi connectivity index (χ3v) is 8.87. The summed E-state index contributed by atoms with van der Waals surface area (Å²) in [5.74, 6) is 0.263. The van der Waals surface area contributed by atoms with Crippen molar-refractivity contribution in [2.45, 2.75) is 4.90 Å². The van der Waals surface area contributed by atoms with Gasteiger partial charge in [0.15, 0.2) is 0 Å². The molecular weight excluding hydrogens is 500 g/mol. The van der Waals surface area contributed by atoms with Crippen LogP contribution in [0.2, 0.25) is 0 Å². The summed E-state index contributed by atoms with van der Waals surface area (Å²) in [6.07, 6.45) is 0. The Balaban J connectivity index is 1.17. The van der Waals surface area contributed by atoms with Crippen molar-refractivity contribution < 1.29 is 13.2 Å². The van der Waals surface area contributed by atoms with E-state index in [0.29, 0.717) is 46.3 Å². The van der Waals surface area contributed by atoms with E-state index in [0.717, 1.165) is 5.39 Å². The molecule has 0 atom stereocenters. The van der Waals surface area contributed by atoms with E-state index in [1.807, 2.05) is 36.4 Å². The number of carbonyl (C=O) groups is 1. The number of piperazine rings is 1. The largest absolute Gasteiger partial charge is 0.336 e. The summed E-state index contributed by atoms with van der Waals surface area (Å²) < 4.78 is 28.3. The number of rotatable bonds is 4. The van der Waals surface area contributed by atoms with Crippen LogP contribution < -0.4 is 5.56 Å². The quantitative estimate of drug-likeness (QED) is 0.384. The fourth-order valence-corrected chi connectivity index (χ4v) is 6.50. The van der Waals surface area contributed by atoms with Gasteiger partial charge in [-0.15, -0.1) is 0 Å². The number of amides is 1. The number of fused-ring (bicyclic) bond motifs is 2. The number of aromatic nitrogens is 2. The van der Waals surface area contributed by atoms with E-state index >= 15 is 0 Å². The summed E-state index contributed by atoms with van der Waals surface area (Å²) in [6, 6.07) is 26.7. The van der Waals surface area contributed by atoms with Crippen LogP contribution in [-0.4, -0.2) is 59.7 Å². The molecule has 2 heterocycles. The number of H-pyrrole nitrogens is 1. The molecule has 1 N–H and O–H groups in total. The minimum atomic E-state index is -3.70. The molecule has 0 radical (unpaired) electrons. The van der Waals surface area contributed by atoms with Crippen LogP contribution in [0, 0.1) is 0 Å². The van der Waals surface area contributed by atoms with E-state index in [1.165, 1.54) is 4.31 Å².